The predicted octanol–water partition coefficient (Wildman–Crippen LogP) is 4.01. The zero-order valence-corrected chi connectivity index (χ0v) is 12.9. The molecule has 0 aromatic heterocycles. The topological polar surface area (TPSA) is 24.4 Å². The summed E-state index contributed by atoms with van der Waals surface area (Å²) >= 11 is 13.9. The van der Waals surface area contributed by atoms with E-state index in [-0.39, 0.29) is 0 Å². The van der Waals surface area contributed by atoms with Crippen LogP contribution in [0.2, 0.25) is 10.0 Å². The number of hydrogen-bond donors (Lipinski definition) is 1. The number of benzene rings is 1. The zero-order valence-electron chi connectivity index (χ0n) is 10.5. The molecule has 1 aromatic carbocycles. The minimum atomic E-state index is 0.685. The van der Waals surface area contributed by atoms with E-state index in [1.807, 2.05) is 23.9 Å². The Morgan fingerprint density at radius 1 is 1.32 bits per heavy atom. The van der Waals surface area contributed by atoms with Crippen molar-refractivity contribution < 1.29 is 0 Å². The highest BCUT2D eigenvalue weighted by molar-refractivity contribution is 8.14. The van der Waals surface area contributed by atoms with Gasteiger partial charge >= 0.3 is 0 Å². The van der Waals surface area contributed by atoms with Crippen molar-refractivity contribution in [1.29, 1.82) is 0 Å². The van der Waals surface area contributed by atoms with Crippen LogP contribution in [0, 0.1) is 5.92 Å². The predicted molar refractivity (Wildman–Crippen MR) is 84.6 cm³/mol. The van der Waals surface area contributed by atoms with Crippen LogP contribution < -0.4 is 5.32 Å². The lowest BCUT2D eigenvalue weighted by molar-refractivity contribution is 0.771. The van der Waals surface area contributed by atoms with E-state index in [1.54, 1.807) is 6.07 Å². The summed E-state index contributed by atoms with van der Waals surface area (Å²) in [4.78, 5) is 4.56. The number of nitrogens with one attached hydrogen (secondary N) is 1. The molecule has 1 saturated carbocycles. The second-order valence-electron chi connectivity index (χ2n) is 5.05. The van der Waals surface area contributed by atoms with Crippen molar-refractivity contribution in [3.8, 4) is 0 Å². The summed E-state index contributed by atoms with van der Waals surface area (Å²) < 4.78 is 0. The number of rotatable bonds is 4. The van der Waals surface area contributed by atoms with E-state index in [0.29, 0.717) is 5.02 Å². The third kappa shape index (κ3) is 3.59. The summed E-state index contributed by atoms with van der Waals surface area (Å²) in [6.45, 7) is 1.85. The van der Waals surface area contributed by atoms with Gasteiger partial charge in [-0.2, -0.15) is 0 Å². The van der Waals surface area contributed by atoms with Crippen LogP contribution in [-0.4, -0.2) is 23.5 Å². The Labute approximate surface area is 128 Å². The Hall–Kier alpha value is -0.380. The highest BCUT2D eigenvalue weighted by Crippen LogP contribution is 2.41. The van der Waals surface area contributed by atoms with Crippen LogP contribution in [0.4, 0.5) is 0 Å². The molecule has 1 aliphatic carbocycles. The van der Waals surface area contributed by atoms with Gasteiger partial charge in [-0.15, -0.1) is 0 Å². The largest absolute Gasteiger partial charge is 0.365 e. The second-order valence-corrected chi connectivity index (χ2v) is 7.12. The van der Waals surface area contributed by atoms with Crippen molar-refractivity contribution in [3.05, 3.63) is 33.8 Å². The van der Waals surface area contributed by atoms with Gasteiger partial charge in [0.2, 0.25) is 0 Å². The van der Waals surface area contributed by atoms with Crippen molar-refractivity contribution in [2.24, 2.45) is 10.9 Å². The van der Waals surface area contributed by atoms with Crippen molar-refractivity contribution in [1.82, 2.24) is 5.32 Å². The van der Waals surface area contributed by atoms with E-state index in [0.717, 1.165) is 46.4 Å². The van der Waals surface area contributed by atoms with Gasteiger partial charge in [-0.05, 0) is 42.9 Å². The molecule has 1 atom stereocenters. The molecule has 2 nitrogen and oxygen atoms in total. The minimum absolute atomic E-state index is 0.685. The van der Waals surface area contributed by atoms with Crippen LogP contribution in [0.5, 0.6) is 0 Å². The summed E-state index contributed by atoms with van der Waals surface area (Å²) in [5.74, 6) is 0.916. The van der Waals surface area contributed by atoms with E-state index in [9.17, 15) is 0 Å². The summed E-state index contributed by atoms with van der Waals surface area (Å²) in [5, 5.41) is 6.66. The number of hydrogen-bond acceptors (Lipinski definition) is 3. The first-order chi connectivity index (χ1) is 9.22. The third-order valence-corrected chi connectivity index (χ3v) is 5.43. The average molecular weight is 315 g/mol. The maximum atomic E-state index is 6.15. The maximum Gasteiger partial charge on any atom is 0.156 e. The minimum Gasteiger partial charge on any atom is -0.365 e. The Bertz CT molecular complexity index is 500. The molecular formula is C14H16Cl2N2S. The van der Waals surface area contributed by atoms with Gasteiger partial charge in [0.15, 0.2) is 5.17 Å². The molecule has 1 aliphatic heterocycles. The molecule has 1 fully saturated rings. The quantitative estimate of drug-likeness (QED) is 0.908. The van der Waals surface area contributed by atoms with E-state index in [2.05, 4.69) is 10.3 Å². The highest BCUT2D eigenvalue weighted by Gasteiger charge is 2.35. The summed E-state index contributed by atoms with van der Waals surface area (Å²) in [5.41, 5.74) is 1.13. The van der Waals surface area contributed by atoms with Gasteiger partial charge in [0, 0.05) is 21.8 Å². The van der Waals surface area contributed by atoms with Crippen molar-refractivity contribution in [2.45, 2.75) is 24.5 Å². The van der Waals surface area contributed by atoms with Gasteiger partial charge in [-0.3, -0.25) is 4.99 Å². The summed E-state index contributed by atoms with van der Waals surface area (Å²) in [6.07, 6.45) is 3.67. The monoisotopic (exact) mass is 314 g/mol. The summed E-state index contributed by atoms with van der Waals surface area (Å²) in [6, 6.07) is 5.67. The normalized spacial score (nSPS) is 22.4. The van der Waals surface area contributed by atoms with Crippen LogP contribution in [0.25, 0.3) is 0 Å². The molecule has 1 unspecified atom stereocenters. The average Bonchev–Trinajstić information content (AvgIpc) is 3.13. The van der Waals surface area contributed by atoms with E-state index in [1.165, 1.54) is 12.8 Å². The van der Waals surface area contributed by atoms with Crippen LogP contribution in [0.3, 0.4) is 0 Å². The molecule has 1 heterocycles. The van der Waals surface area contributed by atoms with Gasteiger partial charge in [0.1, 0.15) is 0 Å². The van der Waals surface area contributed by atoms with Gasteiger partial charge in [0.25, 0.3) is 0 Å². The van der Waals surface area contributed by atoms with Crippen molar-refractivity contribution in [3.63, 3.8) is 0 Å². The lowest BCUT2D eigenvalue weighted by atomic mass is 10.1. The van der Waals surface area contributed by atoms with Crippen LogP contribution in [-0.2, 0) is 6.42 Å². The van der Waals surface area contributed by atoms with Crippen LogP contribution >= 0.6 is 35.0 Å². The lowest BCUT2D eigenvalue weighted by Gasteiger charge is -2.09. The molecule has 1 aromatic rings. The number of thioether (sulfide) groups is 1. The lowest BCUT2D eigenvalue weighted by Crippen LogP contribution is -2.22. The fourth-order valence-electron chi connectivity index (χ4n) is 2.23. The fraction of sp³-hybridized carbons (Fsp3) is 0.500. The van der Waals surface area contributed by atoms with Gasteiger partial charge in [-0.25, -0.2) is 0 Å². The van der Waals surface area contributed by atoms with Crippen LogP contribution in [0.15, 0.2) is 23.2 Å². The molecule has 102 valence electrons. The standard InChI is InChI=1S/C14H16Cl2N2S/c15-11-4-3-9(12(16)7-11)5-6-17-14-18-8-13(19-14)10-1-2-10/h3-4,7,10,13H,1-2,5-6,8H2,(H,17,18). The fourth-order valence-corrected chi connectivity index (χ4v) is 3.97. The molecule has 0 saturated heterocycles. The Balaban J connectivity index is 1.45. The van der Waals surface area contributed by atoms with Crippen molar-refractivity contribution >= 4 is 40.1 Å². The van der Waals surface area contributed by atoms with Crippen LogP contribution in [0.1, 0.15) is 18.4 Å². The Morgan fingerprint density at radius 2 is 2.16 bits per heavy atom. The molecule has 0 amide bonds. The molecular weight excluding hydrogens is 299 g/mol. The van der Waals surface area contributed by atoms with Gasteiger partial charge in [0.05, 0.1) is 6.54 Å². The highest BCUT2D eigenvalue weighted by atomic mass is 35.5. The molecule has 0 bridgehead atoms. The molecule has 2 aliphatic rings. The first-order valence-corrected chi connectivity index (χ1v) is 8.25. The van der Waals surface area contributed by atoms with E-state index < -0.39 is 0 Å². The molecule has 0 spiro atoms. The third-order valence-electron chi connectivity index (χ3n) is 3.51. The second kappa shape index (κ2) is 5.94. The molecule has 1 N–H and O–H groups in total. The molecule has 5 heteroatoms. The zero-order chi connectivity index (χ0) is 13.2. The Kier molecular flexibility index (Phi) is 4.25. The molecule has 0 radical (unpaired) electrons. The first kappa shape index (κ1) is 13.6. The molecule has 19 heavy (non-hydrogen) atoms. The van der Waals surface area contributed by atoms with E-state index in [4.69, 9.17) is 23.2 Å². The maximum absolute atomic E-state index is 6.15. The van der Waals surface area contributed by atoms with Gasteiger partial charge < -0.3 is 5.32 Å². The number of nitrogens with zero attached hydrogens (tertiary/aromatic N) is 1. The summed E-state index contributed by atoms with van der Waals surface area (Å²) in [7, 11) is 0. The number of amidine groups is 1. The number of aliphatic imine (C=N–C) groups is 1. The van der Waals surface area contributed by atoms with Crippen molar-refractivity contribution in [2.75, 3.05) is 13.1 Å². The van der Waals surface area contributed by atoms with E-state index >= 15 is 0 Å². The Morgan fingerprint density at radius 3 is 2.89 bits per heavy atom. The van der Waals surface area contributed by atoms with Gasteiger partial charge in [-0.1, -0.05) is 41.0 Å². The number of halogens is 2. The molecule has 3 rings (SSSR count). The SMILES string of the molecule is Clc1ccc(CCNC2=NCC(C3CC3)S2)c(Cl)c1. The smallest absolute Gasteiger partial charge is 0.156 e. The first-order valence-electron chi connectivity index (χ1n) is 6.61.